The molecule has 2 fully saturated rings. The quantitative estimate of drug-likeness (QED) is 0.597. The third-order valence-corrected chi connectivity index (χ3v) is 3.24. The summed E-state index contributed by atoms with van der Waals surface area (Å²) in [5.41, 5.74) is 0.203. The fourth-order valence-corrected chi connectivity index (χ4v) is 1.95. The van der Waals surface area contributed by atoms with Gasteiger partial charge in [0.25, 0.3) is 0 Å². The van der Waals surface area contributed by atoms with Crippen LogP contribution in [0.1, 0.15) is 39.0 Å². The number of hydrogen-bond donors (Lipinski definition) is 1. The molecule has 0 heterocycles. The monoisotopic (exact) mass is 126 g/mol. The fraction of sp³-hybridized carbons (Fsp3) is 1.00. The van der Waals surface area contributed by atoms with Crippen LogP contribution in [0.2, 0.25) is 0 Å². The largest absolute Gasteiger partial charge is 0.389 e. The van der Waals surface area contributed by atoms with Gasteiger partial charge in [0.2, 0.25) is 0 Å². The molecule has 1 N–H and O–H groups in total. The lowest BCUT2D eigenvalue weighted by molar-refractivity contribution is 0.0641. The molecule has 0 aromatic rings. The highest BCUT2D eigenvalue weighted by molar-refractivity contribution is 5.14. The van der Waals surface area contributed by atoms with Crippen LogP contribution in [0, 0.1) is 5.41 Å². The van der Waals surface area contributed by atoms with E-state index < -0.39 is 0 Å². The Hall–Kier alpha value is -0.0400. The average molecular weight is 126 g/mol. The van der Waals surface area contributed by atoms with Crippen LogP contribution >= 0.6 is 0 Å². The number of rotatable bonds is 2. The molecule has 2 saturated carbocycles. The first-order valence-electron chi connectivity index (χ1n) is 3.95. The molecular weight excluding hydrogens is 112 g/mol. The second kappa shape index (κ2) is 1.34. The topological polar surface area (TPSA) is 20.2 Å². The van der Waals surface area contributed by atoms with E-state index in [1.54, 1.807) is 0 Å². The van der Waals surface area contributed by atoms with Gasteiger partial charge in [-0.15, -0.1) is 0 Å². The van der Waals surface area contributed by atoms with Gasteiger partial charge in [-0.2, -0.15) is 0 Å². The molecule has 0 spiro atoms. The van der Waals surface area contributed by atoms with Gasteiger partial charge in [-0.3, -0.25) is 0 Å². The molecule has 0 aromatic carbocycles. The van der Waals surface area contributed by atoms with Crippen LogP contribution in [0.5, 0.6) is 0 Å². The molecule has 0 unspecified atom stereocenters. The standard InChI is InChI=1S/C8H14O/c1-2-7(3-4-7)8(9)5-6-8/h9H,2-6H2,1H3. The van der Waals surface area contributed by atoms with Crippen molar-refractivity contribution in [3.05, 3.63) is 0 Å². The summed E-state index contributed by atoms with van der Waals surface area (Å²) in [5.74, 6) is 0. The lowest BCUT2D eigenvalue weighted by Gasteiger charge is -2.18. The molecule has 2 aliphatic rings. The van der Waals surface area contributed by atoms with Gasteiger partial charge in [-0.05, 0) is 37.5 Å². The Morgan fingerprint density at radius 2 is 1.78 bits per heavy atom. The molecule has 0 aliphatic heterocycles. The predicted molar refractivity (Wildman–Crippen MR) is 36.1 cm³/mol. The van der Waals surface area contributed by atoms with E-state index in [2.05, 4.69) is 6.92 Å². The van der Waals surface area contributed by atoms with Crippen molar-refractivity contribution in [3.8, 4) is 0 Å². The highest BCUT2D eigenvalue weighted by atomic mass is 16.3. The van der Waals surface area contributed by atoms with E-state index in [9.17, 15) is 5.11 Å². The smallest absolute Gasteiger partial charge is 0.0705 e. The van der Waals surface area contributed by atoms with Crippen LogP contribution in [-0.4, -0.2) is 10.7 Å². The SMILES string of the molecule is CCC1(C2(O)CC2)CC1. The van der Waals surface area contributed by atoms with Crippen LogP contribution in [0.3, 0.4) is 0 Å². The summed E-state index contributed by atoms with van der Waals surface area (Å²) >= 11 is 0. The van der Waals surface area contributed by atoms with E-state index in [0.29, 0.717) is 5.41 Å². The van der Waals surface area contributed by atoms with Crippen molar-refractivity contribution in [1.82, 2.24) is 0 Å². The van der Waals surface area contributed by atoms with Crippen LogP contribution in [0.15, 0.2) is 0 Å². The van der Waals surface area contributed by atoms with Gasteiger partial charge >= 0.3 is 0 Å². The van der Waals surface area contributed by atoms with Gasteiger partial charge in [0, 0.05) is 0 Å². The van der Waals surface area contributed by atoms with Gasteiger partial charge in [-0.1, -0.05) is 6.92 Å². The van der Waals surface area contributed by atoms with Crippen molar-refractivity contribution in [2.75, 3.05) is 0 Å². The van der Waals surface area contributed by atoms with Gasteiger partial charge in [-0.25, -0.2) is 0 Å². The summed E-state index contributed by atoms with van der Waals surface area (Å²) in [6.07, 6.45) is 5.88. The molecule has 0 atom stereocenters. The summed E-state index contributed by atoms with van der Waals surface area (Å²) in [7, 11) is 0. The van der Waals surface area contributed by atoms with Gasteiger partial charge in [0.15, 0.2) is 0 Å². The van der Waals surface area contributed by atoms with Crippen molar-refractivity contribution in [2.45, 2.75) is 44.6 Å². The first-order chi connectivity index (χ1) is 4.22. The minimum atomic E-state index is -0.193. The van der Waals surface area contributed by atoms with Crippen LogP contribution < -0.4 is 0 Å². The van der Waals surface area contributed by atoms with E-state index in [-0.39, 0.29) is 5.60 Å². The maximum Gasteiger partial charge on any atom is 0.0705 e. The normalized spacial score (nSPS) is 34.0. The van der Waals surface area contributed by atoms with Gasteiger partial charge < -0.3 is 5.11 Å². The molecule has 9 heavy (non-hydrogen) atoms. The molecular formula is C8H14O. The molecule has 1 nitrogen and oxygen atoms in total. The van der Waals surface area contributed by atoms with Crippen molar-refractivity contribution in [2.24, 2.45) is 5.41 Å². The molecule has 52 valence electrons. The Balaban J connectivity index is 2.11. The van der Waals surface area contributed by atoms with Gasteiger partial charge in [0.05, 0.1) is 5.60 Å². The zero-order valence-electron chi connectivity index (χ0n) is 5.98. The van der Waals surface area contributed by atoms with Crippen molar-refractivity contribution in [3.63, 3.8) is 0 Å². The maximum atomic E-state index is 9.72. The zero-order chi connectivity index (χ0) is 6.54. The summed E-state index contributed by atoms with van der Waals surface area (Å²) in [4.78, 5) is 0. The van der Waals surface area contributed by atoms with Crippen molar-refractivity contribution in [1.29, 1.82) is 0 Å². The van der Waals surface area contributed by atoms with Crippen LogP contribution in [-0.2, 0) is 0 Å². The Kier molecular flexibility index (Phi) is 0.852. The third kappa shape index (κ3) is 0.586. The van der Waals surface area contributed by atoms with E-state index in [1.807, 2.05) is 0 Å². The van der Waals surface area contributed by atoms with Crippen molar-refractivity contribution >= 4 is 0 Å². The Labute approximate surface area is 56.1 Å². The lowest BCUT2D eigenvalue weighted by Crippen LogP contribution is -2.22. The second-order valence-corrected chi connectivity index (χ2v) is 3.67. The van der Waals surface area contributed by atoms with Gasteiger partial charge in [0.1, 0.15) is 0 Å². The average Bonchev–Trinajstić information content (AvgIpc) is 2.61. The fourth-order valence-electron chi connectivity index (χ4n) is 1.95. The Bertz CT molecular complexity index is 132. The van der Waals surface area contributed by atoms with Crippen LogP contribution in [0.4, 0.5) is 0 Å². The highest BCUT2D eigenvalue weighted by Crippen LogP contribution is 2.65. The van der Waals surface area contributed by atoms with E-state index in [0.717, 1.165) is 12.8 Å². The van der Waals surface area contributed by atoms with E-state index >= 15 is 0 Å². The first kappa shape index (κ1) is 5.72. The molecule has 0 radical (unpaired) electrons. The third-order valence-electron chi connectivity index (χ3n) is 3.24. The molecule has 0 aromatic heterocycles. The Morgan fingerprint density at radius 1 is 1.22 bits per heavy atom. The molecule has 0 amide bonds. The number of hydrogen-bond acceptors (Lipinski definition) is 1. The minimum Gasteiger partial charge on any atom is -0.389 e. The molecule has 1 heteroatoms. The Morgan fingerprint density at radius 3 is 1.89 bits per heavy atom. The van der Waals surface area contributed by atoms with E-state index in [4.69, 9.17) is 0 Å². The predicted octanol–water partition coefficient (Wildman–Crippen LogP) is 1.70. The first-order valence-corrected chi connectivity index (χ1v) is 3.95. The maximum absolute atomic E-state index is 9.72. The molecule has 0 bridgehead atoms. The zero-order valence-corrected chi connectivity index (χ0v) is 5.98. The molecule has 2 aliphatic carbocycles. The van der Waals surface area contributed by atoms with Crippen LogP contribution in [0.25, 0.3) is 0 Å². The van der Waals surface area contributed by atoms with E-state index in [1.165, 1.54) is 19.3 Å². The minimum absolute atomic E-state index is 0.193. The highest BCUT2D eigenvalue weighted by Gasteiger charge is 2.63. The van der Waals surface area contributed by atoms with Crippen molar-refractivity contribution < 1.29 is 5.11 Å². The number of aliphatic hydroxyl groups is 1. The lowest BCUT2D eigenvalue weighted by atomic mass is 9.94. The molecule has 0 saturated heterocycles. The second-order valence-electron chi connectivity index (χ2n) is 3.67. The summed E-state index contributed by atoms with van der Waals surface area (Å²) in [6.45, 7) is 2.20. The summed E-state index contributed by atoms with van der Waals surface area (Å²) < 4.78 is 0. The molecule has 2 rings (SSSR count). The summed E-state index contributed by atoms with van der Waals surface area (Å²) in [5, 5.41) is 9.72. The summed E-state index contributed by atoms with van der Waals surface area (Å²) in [6, 6.07) is 0.